The van der Waals surface area contributed by atoms with E-state index in [9.17, 15) is 0 Å². The Balaban J connectivity index is 2.03. The van der Waals surface area contributed by atoms with Gasteiger partial charge in [-0.15, -0.1) is 11.3 Å². The second kappa shape index (κ2) is 4.34. The van der Waals surface area contributed by atoms with Crippen molar-refractivity contribution in [3.8, 4) is 0 Å². The largest absolute Gasteiger partial charge is 0.445 e. The van der Waals surface area contributed by atoms with Gasteiger partial charge in [-0.25, -0.2) is 4.98 Å². The Hall–Kier alpha value is -1.20. The van der Waals surface area contributed by atoms with Gasteiger partial charge >= 0.3 is 0 Å². The molecule has 0 aliphatic heterocycles. The third-order valence-corrected chi connectivity index (χ3v) is 2.58. The summed E-state index contributed by atoms with van der Waals surface area (Å²) in [5.41, 5.74) is 7.21. The van der Waals surface area contributed by atoms with Crippen LogP contribution in [0.25, 0.3) is 0 Å². The molecule has 0 saturated carbocycles. The van der Waals surface area contributed by atoms with E-state index in [2.05, 4.69) is 9.97 Å². The van der Waals surface area contributed by atoms with Crippen LogP contribution in [0, 0.1) is 0 Å². The van der Waals surface area contributed by atoms with Crippen LogP contribution in [-0.2, 0) is 12.8 Å². The number of hydrogen-bond donors (Lipinski definition) is 1. The summed E-state index contributed by atoms with van der Waals surface area (Å²) in [6.07, 6.45) is 5.03. The third kappa shape index (κ3) is 2.18. The number of aromatic nitrogens is 2. The van der Waals surface area contributed by atoms with E-state index in [4.69, 9.17) is 10.2 Å². The van der Waals surface area contributed by atoms with Gasteiger partial charge in [-0.05, 0) is 6.54 Å². The molecule has 0 aliphatic carbocycles. The highest BCUT2D eigenvalue weighted by atomic mass is 32.1. The van der Waals surface area contributed by atoms with Gasteiger partial charge in [-0.3, -0.25) is 4.98 Å². The van der Waals surface area contributed by atoms with Crippen molar-refractivity contribution in [2.24, 2.45) is 5.73 Å². The van der Waals surface area contributed by atoms with Gasteiger partial charge in [0, 0.05) is 17.5 Å². The van der Waals surface area contributed by atoms with E-state index in [0.29, 0.717) is 6.54 Å². The van der Waals surface area contributed by atoms with E-state index in [1.807, 2.05) is 6.20 Å². The van der Waals surface area contributed by atoms with Crippen molar-refractivity contribution in [2.45, 2.75) is 12.8 Å². The summed E-state index contributed by atoms with van der Waals surface area (Å²) >= 11 is 1.60. The van der Waals surface area contributed by atoms with Crippen LogP contribution in [0.5, 0.6) is 0 Å². The minimum absolute atomic E-state index is 0.592. The van der Waals surface area contributed by atoms with Crippen LogP contribution in [0.2, 0.25) is 0 Å². The first-order valence-electron chi connectivity index (χ1n) is 4.39. The molecule has 2 N–H and O–H groups in total. The fourth-order valence-corrected chi connectivity index (χ4v) is 1.75. The molecule has 0 fully saturated rings. The molecule has 14 heavy (non-hydrogen) atoms. The van der Waals surface area contributed by atoms with Crippen LogP contribution >= 0.6 is 11.3 Å². The van der Waals surface area contributed by atoms with Gasteiger partial charge in [-0.2, -0.15) is 0 Å². The van der Waals surface area contributed by atoms with E-state index in [1.165, 1.54) is 0 Å². The monoisotopic (exact) mass is 209 g/mol. The van der Waals surface area contributed by atoms with Crippen LogP contribution in [0.4, 0.5) is 0 Å². The minimum Gasteiger partial charge on any atom is -0.445 e. The van der Waals surface area contributed by atoms with Gasteiger partial charge in [0.1, 0.15) is 5.76 Å². The zero-order valence-electron chi connectivity index (χ0n) is 7.64. The summed E-state index contributed by atoms with van der Waals surface area (Å²) in [4.78, 5) is 9.32. The quantitative estimate of drug-likeness (QED) is 0.822. The Morgan fingerprint density at radius 1 is 1.43 bits per heavy atom. The fourth-order valence-electron chi connectivity index (χ4n) is 1.17. The first-order valence-corrected chi connectivity index (χ1v) is 5.27. The van der Waals surface area contributed by atoms with Crippen LogP contribution in [0.1, 0.15) is 16.5 Å². The van der Waals surface area contributed by atoms with E-state index < -0.39 is 0 Å². The lowest BCUT2D eigenvalue weighted by atomic mass is 10.4. The molecular weight excluding hydrogens is 198 g/mol. The van der Waals surface area contributed by atoms with Gasteiger partial charge in [0.05, 0.1) is 18.1 Å². The molecule has 0 unspecified atom stereocenters. The zero-order chi connectivity index (χ0) is 9.80. The lowest BCUT2D eigenvalue weighted by molar-refractivity contribution is 0.465. The SMILES string of the molecule is NCCc1cnc(Cc2cncs2)o1. The third-order valence-electron chi connectivity index (χ3n) is 1.80. The van der Waals surface area contributed by atoms with Crippen molar-refractivity contribution in [3.63, 3.8) is 0 Å². The second-order valence-electron chi connectivity index (χ2n) is 2.90. The average Bonchev–Trinajstić information content (AvgIpc) is 2.79. The number of nitrogens with two attached hydrogens (primary N) is 1. The van der Waals surface area contributed by atoms with Crippen molar-refractivity contribution >= 4 is 11.3 Å². The van der Waals surface area contributed by atoms with Crippen LogP contribution < -0.4 is 5.73 Å². The van der Waals surface area contributed by atoms with Gasteiger partial charge in [-0.1, -0.05) is 0 Å². The molecule has 0 aliphatic rings. The zero-order valence-corrected chi connectivity index (χ0v) is 8.46. The summed E-state index contributed by atoms with van der Waals surface area (Å²) < 4.78 is 5.49. The standard InChI is InChI=1S/C9H11N3OS/c10-2-1-7-4-12-9(13-7)3-8-5-11-6-14-8/h4-6H,1-3,10H2. The molecule has 0 aromatic carbocycles. The van der Waals surface area contributed by atoms with E-state index in [1.54, 1.807) is 23.0 Å². The molecule has 4 nitrogen and oxygen atoms in total. The summed E-state index contributed by atoms with van der Waals surface area (Å²) in [5.74, 6) is 1.59. The Kier molecular flexibility index (Phi) is 2.90. The van der Waals surface area contributed by atoms with E-state index in [0.717, 1.165) is 29.4 Å². The van der Waals surface area contributed by atoms with Gasteiger partial charge in [0.2, 0.25) is 0 Å². The highest BCUT2D eigenvalue weighted by Crippen LogP contribution is 2.13. The van der Waals surface area contributed by atoms with Crippen molar-refractivity contribution in [1.29, 1.82) is 0 Å². The first-order chi connectivity index (χ1) is 6.88. The molecular formula is C9H11N3OS. The molecule has 2 rings (SSSR count). The van der Waals surface area contributed by atoms with Gasteiger partial charge in [0.15, 0.2) is 5.89 Å². The molecule has 2 aromatic heterocycles. The number of thiazole rings is 1. The highest BCUT2D eigenvalue weighted by Gasteiger charge is 2.05. The summed E-state index contributed by atoms with van der Waals surface area (Å²) in [6, 6.07) is 0. The lowest BCUT2D eigenvalue weighted by Gasteiger charge is -1.91. The normalized spacial score (nSPS) is 10.6. The second-order valence-corrected chi connectivity index (χ2v) is 3.87. The molecule has 0 spiro atoms. The topological polar surface area (TPSA) is 64.9 Å². The Morgan fingerprint density at radius 2 is 2.36 bits per heavy atom. The van der Waals surface area contributed by atoms with Gasteiger partial charge < -0.3 is 10.2 Å². The van der Waals surface area contributed by atoms with Crippen molar-refractivity contribution in [1.82, 2.24) is 9.97 Å². The number of rotatable bonds is 4. The predicted molar refractivity (Wildman–Crippen MR) is 54.2 cm³/mol. The predicted octanol–water partition coefficient (Wildman–Crippen LogP) is 1.22. The first kappa shape index (κ1) is 9.36. The molecule has 0 amide bonds. The van der Waals surface area contributed by atoms with Gasteiger partial charge in [0.25, 0.3) is 0 Å². The van der Waals surface area contributed by atoms with E-state index in [-0.39, 0.29) is 0 Å². The summed E-state index contributed by atoms with van der Waals surface area (Å²) in [6.45, 7) is 0.592. The maximum atomic E-state index is 5.49. The Bertz CT molecular complexity index is 382. The molecule has 0 radical (unpaired) electrons. The van der Waals surface area contributed by atoms with Crippen LogP contribution in [0.15, 0.2) is 22.3 Å². The molecule has 5 heteroatoms. The molecule has 74 valence electrons. The summed E-state index contributed by atoms with van der Waals surface area (Å²) in [5, 5.41) is 0. The Morgan fingerprint density at radius 3 is 3.07 bits per heavy atom. The Labute approximate surface area is 85.8 Å². The molecule has 0 atom stereocenters. The van der Waals surface area contributed by atoms with Crippen molar-refractivity contribution in [3.05, 3.63) is 34.4 Å². The number of oxazole rings is 1. The molecule has 0 saturated heterocycles. The fraction of sp³-hybridized carbons (Fsp3) is 0.333. The average molecular weight is 209 g/mol. The molecule has 0 bridgehead atoms. The molecule has 2 aromatic rings. The van der Waals surface area contributed by atoms with Crippen LogP contribution in [-0.4, -0.2) is 16.5 Å². The van der Waals surface area contributed by atoms with E-state index >= 15 is 0 Å². The maximum Gasteiger partial charge on any atom is 0.199 e. The smallest absolute Gasteiger partial charge is 0.199 e. The number of hydrogen-bond acceptors (Lipinski definition) is 5. The van der Waals surface area contributed by atoms with Crippen molar-refractivity contribution < 1.29 is 4.42 Å². The summed E-state index contributed by atoms with van der Waals surface area (Å²) in [7, 11) is 0. The number of nitrogens with zero attached hydrogens (tertiary/aromatic N) is 2. The maximum absolute atomic E-state index is 5.49. The van der Waals surface area contributed by atoms with Crippen molar-refractivity contribution in [2.75, 3.05) is 6.54 Å². The minimum atomic E-state index is 0.592. The molecule has 2 heterocycles. The van der Waals surface area contributed by atoms with Crippen LogP contribution in [0.3, 0.4) is 0 Å². The highest BCUT2D eigenvalue weighted by molar-refractivity contribution is 7.09. The lowest BCUT2D eigenvalue weighted by Crippen LogP contribution is -2.01.